The van der Waals surface area contributed by atoms with Crippen molar-refractivity contribution in [3.05, 3.63) is 31.5 Å². The van der Waals surface area contributed by atoms with Crippen LogP contribution in [0, 0.1) is 17.4 Å². The highest BCUT2D eigenvalue weighted by atomic mass is 127. The summed E-state index contributed by atoms with van der Waals surface area (Å²) in [7, 11) is 0. The molecule has 0 aliphatic heterocycles. The number of ether oxygens (including phenoxy) is 1. The van der Waals surface area contributed by atoms with Gasteiger partial charge in [0.25, 0.3) is 5.91 Å². The van der Waals surface area contributed by atoms with Gasteiger partial charge in [-0.05, 0) is 55.8 Å². The number of nitrogens with two attached hydrogens (primary N) is 1. The van der Waals surface area contributed by atoms with Gasteiger partial charge in [0.15, 0.2) is 0 Å². The lowest BCUT2D eigenvalue weighted by molar-refractivity contribution is -0.116. The number of thiophene rings is 1. The molecule has 2 amide bonds. The Morgan fingerprint density at radius 2 is 2.04 bits per heavy atom. The largest absolute Gasteiger partial charge is 0.459 e. The number of aromatic nitrogens is 2. The third kappa shape index (κ3) is 5.06. The number of carbonyl (C=O) groups excluding carboxylic acids is 3. The first kappa shape index (κ1) is 21.4. The summed E-state index contributed by atoms with van der Waals surface area (Å²) in [5.41, 5.74) is 6.93. The van der Waals surface area contributed by atoms with E-state index >= 15 is 0 Å². The summed E-state index contributed by atoms with van der Waals surface area (Å²) in [5, 5.41) is 7.18. The van der Waals surface area contributed by atoms with Crippen LogP contribution in [0.15, 0.2) is 6.20 Å². The van der Waals surface area contributed by atoms with Crippen molar-refractivity contribution in [3.63, 3.8) is 0 Å². The SMILES string of the molecule is Cc1c(C(N)=O)sc(NC(=O)CCn2ncc(I)c2C)c1C(=O)OC(C)C. The number of esters is 1. The van der Waals surface area contributed by atoms with Crippen LogP contribution in [0.1, 0.15) is 51.6 Å². The van der Waals surface area contributed by atoms with Gasteiger partial charge in [0.2, 0.25) is 5.91 Å². The topological polar surface area (TPSA) is 116 Å². The van der Waals surface area contributed by atoms with Gasteiger partial charge >= 0.3 is 5.97 Å². The van der Waals surface area contributed by atoms with E-state index in [-0.39, 0.29) is 33.9 Å². The molecular formula is C17H21IN4O4S. The van der Waals surface area contributed by atoms with Gasteiger partial charge in [0.1, 0.15) is 5.00 Å². The number of nitrogens with one attached hydrogen (secondary N) is 1. The quantitative estimate of drug-likeness (QED) is 0.445. The Morgan fingerprint density at radius 3 is 2.56 bits per heavy atom. The third-order valence-electron chi connectivity index (χ3n) is 3.76. The van der Waals surface area contributed by atoms with Gasteiger partial charge in [0, 0.05) is 12.1 Å². The van der Waals surface area contributed by atoms with Gasteiger partial charge in [-0.2, -0.15) is 5.10 Å². The van der Waals surface area contributed by atoms with E-state index in [0.29, 0.717) is 12.1 Å². The highest BCUT2D eigenvalue weighted by Crippen LogP contribution is 2.33. The average molecular weight is 504 g/mol. The number of aryl methyl sites for hydroxylation is 1. The van der Waals surface area contributed by atoms with E-state index in [9.17, 15) is 14.4 Å². The maximum atomic E-state index is 12.4. The molecule has 0 unspecified atom stereocenters. The van der Waals surface area contributed by atoms with Crippen LogP contribution in [0.2, 0.25) is 0 Å². The zero-order valence-electron chi connectivity index (χ0n) is 15.5. The van der Waals surface area contributed by atoms with Crippen LogP contribution in [0.25, 0.3) is 0 Å². The van der Waals surface area contributed by atoms with Crippen LogP contribution >= 0.6 is 33.9 Å². The van der Waals surface area contributed by atoms with Gasteiger partial charge in [0.05, 0.1) is 32.9 Å². The number of rotatable bonds is 7. The molecular weight excluding hydrogens is 483 g/mol. The fourth-order valence-electron chi connectivity index (χ4n) is 2.40. The first-order valence-electron chi connectivity index (χ1n) is 8.23. The Bertz CT molecular complexity index is 888. The minimum atomic E-state index is -0.654. The van der Waals surface area contributed by atoms with E-state index in [0.717, 1.165) is 20.6 Å². The fraction of sp³-hybridized carbons (Fsp3) is 0.412. The first-order valence-corrected chi connectivity index (χ1v) is 10.1. The predicted molar refractivity (Wildman–Crippen MR) is 111 cm³/mol. The molecule has 27 heavy (non-hydrogen) atoms. The molecule has 8 nitrogen and oxygen atoms in total. The van der Waals surface area contributed by atoms with Gasteiger partial charge in [-0.3, -0.25) is 14.3 Å². The molecule has 0 spiro atoms. The summed E-state index contributed by atoms with van der Waals surface area (Å²) < 4.78 is 7.99. The molecule has 2 aromatic heterocycles. The maximum absolute atomic E-state index is 12.4. The van der Waals surface area contributed by atoms with E-state index in [4.69, 9.17) is 10.5 Å². The Labute approximate surface area is 174 Å². The molecule has 0 aromatic carbocycles. The van der Waals surface area contributed by atoms with Gasteiger partial charge in [-0.1, -0.05) is 0 Å². The molecule has 0 fully saturated rings. The van der Waals surface area contributed by atoms with Crippen molar-refractivity contribution in [1.29, 1.82) is 0 Å². The fourth-order valence-corrected chi connectivity index (χ4v) is 3.87. The summed E-state index contributed by atoms with van der Waals surface area (Å²) in [6, 6.07) is 0. The lowest BCUT2D eigenvalue weighted by Crippen LogP contribution is -2.18. The van der Waals surface area contributed by atoms with Crippen molar-refractivity contribution < 1.29 is 19.1 Å². The van der Waals surface area contributed by atoms with E-state index in [1.54, 1.807) is 31.6 Å². The third-order valence-corrected chi connectivity index (χ3v) is 6.05. The van der Waals surface area contributed by atoms with Crippen LogP contribution in [0.4, 0.5) is 5.00 Å². The van der Waals surface area contributed by atoms with Crippen molar-refractivity contribution in [3.8, 4) is 0 Å². The summed E-state index contributed by atoms with van der Waals surface area (Å²) in [6.45, 7) is 7.38. The molecule has 0 saturated carbocycles. The van der Waals surface area contributed by atoms with E-state index in [1.807, 2.05) is 6.92 Å². The van der Waals surface area contributed by atoms with Crippen molar-refractivity contribution in [2.45, 2.75) is 46.8 Å². The summed E-state index contributed by atoms with van der Waals surface area (Å²) in [6.07, 6.45) is 1.57. The maximum Gasteiger partial charge on any atom is 0.341 e. The van der Waals surface area contributed by atoms with Crippen molar-refractivity contribution >= 4 is 56.7 Å². The average Bonchev–Trinajstić information content (AvgIpc) is 3.05. The molecule has 0 aliphatic rings. The molecule has 0 aliphatic carbocycles. The predicted octanol–water partition coefficient (Wildman–Crippen LogP) is 2.86. The molecule has 0 radical (unpaired) electrons. The number of amides is 2. The van der Waals surface area contributed by atoms with Gasteiger partial charge in [-0.25, -0.2) is 4.79 Å². The number of hydrogen-bond acceptors (Lipinski definition) is 6. The minimum absolute atomic E-state index is 0.167. The molecule has 2 rings (SSSR count). The summed E-state index contributed by atoms with van der Waals surface area (Å²) >= 11 is 3.15. The Morgan fingerprint density at radius 1 is 1.37 bits per heavy atom. The molecule has 0 bridgehead atoms. The van der Waals surface area contributed by atoms with Crippen LogP contribution in [0.3, 0.4) is 0 Å². The number of anilines is 1. The number of halogens is 1. The first-order chi connectivity index (χ1) is 12.6. The second-order valence-corrected chi connectivity index (χ2v) is 8.36. The van der Waals surface area contributed by atoms with Crippen molar-refractivity contribution in [2.75, 3.05) is 5.32 Å². The number of hydrogen-bond donors (Lipinski definition) is 2. The molecule has 3 N–H and O–H groups in total. The molecule has 2 aromatic rings. The number of carbonyl (C=O) groups is 3. The lowest BCUT2D eigenvalue weighted by atomic mass is 10.1. The Kier molecular flexibility index (Phi) is 6.98. The van der Waals surface area contributed by atoms with Crippen molar-refractivity contribution in [1.82, 2.24) is 9.78 Å². The normalized spacial score (nSPS) is 10.9. The van der Waals surface area contributed by atoms with Gasteiger partial charge in [-0.15, -0.1) is 11.3 Å². The standard InChI is InChI=1S/C17H21IN4O4S/c1-8(2)26-17(25)13-9(3)14(15(19)24)27-16(13)21-12(23)5-6-22-10(4)11(18)7-20-22/h7-8H,5-6H2,1-4H3,(H2,19,24)(H,21,23). The molecule has 0 atom stereocenters. The second kappa shape index (κ2) is 8.83. The molecule has 2 heterocycles. The van der Waals surface area contributed by atoms with E-state index in [2.05, 4.69) is 33.0 Å². The van der Waals surface area contributed by atoms with Crippen molar-refractivity contribution in [2.24, 2.45) is 5.73 Å². The number of primary amides is 1. The number of nitrogens with zero attached hydrogens (tertiary/aromatic N) is 2. The Hall–Kier alpha value is -1.95. The monoisotopic (exact) mass is 504 g/mol. The summed E-state index contributed by atoms with van der Waals surface area (Å²) in [5.74, 6) is -1.55. The Balaban J connectivity index is 2.19. The highest BCUT2D eigenvalue weighted by Gasteiger charge is 2.26. The zero-order chi connectivity index (χ0) is 20.3. The van der Waals surface area contributed by atoms with Crippen LogP contribution in [-0.4, -0.2) is 33.7 Å². The van der Waals surface area contributed by atoms with Crippen LogP contribution in [-0.2, 0) is 16.1 Å². The molecule has 10 heteroatoms. The zero-order valence-corrected chi connectivity index (χ0v) is 18.4. The van der Waals surface area contributed by atoms with Gasteiger partial charge < -0.3 is 15.8 Å². The second-order valence-electron chi connectivity index (χ2n) is 6.18. The minimum Gasteiger partial charge on any atom is -0.459 e. The molecule has 146 valence electrons. The van der Waals surface area contributed by atoms with Crippen LogP contribution in [0.5, 0.6) is 0 Å². The summed E-state index contributed by atoms with van der Waals surface area (Å²) in [4.78, 5) is 36.6. The molecule has 0 saturated heterocycles. The smallest absolute Gasteiger partial charge is 0.341 e. The highest BCUT2D eigenvalue weighted by molar-refractivity contribution is 14.1. The lowest BCUT2D eigenvalue weighted by Gasteiger charge is -2.10. The van der Waals surface area contributed by atoms with Crippen LogP contribution < -0.4 is 11.1 Å². The van der Waals surface area contributed by atoms with E-state index in [1.165, 1.54) is 0 Å². The van der Waals surface area contributed by atoms with E-state index < -0.39 is 11.9 Å².